The molecule has 0 fully saturated rings. The van der Waals surface area contributed by atoms with Gasteiger partial charge in [-0.25, -0.2) is 4.79 Å². The number of aliphatic hydroxyl groups is 1. The molecule has 2 N–H and O–H groups in total. The predicted molar refractivity (Wildman–Crippen MR) is 145 cm³/mol. The zero-order valence-corrected chi connectivity index (χ0v) is 22.4. The van der Waals surface area contributed by atoms with Gasteiger partial charge in [0.05, 0.1) is 22.5 Å². The Morgan fingerprint density at radius 2 is 1.97 bits per heavy atom. The smallest absolute Gasteiger partial charge is 0.407 e. The minimum Gasteiger partial charge on any atom is -0.444 e. The number of amides is 2. The molecule has 0 saturated carbocycles. The molecule has 2 heterocycles. The molecule has 0 aliphatic rings. The molecule has 200 valence electrons. The minimum absolute atomic E-state index is 0.0102. The fourth-order valence-corrected chi connectivity index (χ4v) is 4.36. The molecule has 38 heavy (non-hydrogen) atoms. The van der Waals surface area contributed by atoms with E-state index in [1.54, 1.807) is 37.0 Å². The summed E-state index contributed by atoms with van der Waals surface area (Å²) in [5.74, 6) is -0.293. The van der Waals surface area contributed by atoms with Gasteiger partial charge in [-0.05, 0) is 37.1 Å². The maximum Gasteiger partial charge on any atom is 0.407 e. The number of benzene rings is 2. The van der Waals surface area contributed by atoms with Crippen molar-refractivity contribution in [3.63, 3.8) is 0 Å². The largest absolute Gasteiger partial charge is 0.444 e. The van der Waals surface area contributed by atoms with Crippen molar-refractivity contribution in [2.24, 2.45) is 0 Å². The Hall–Kier alpha value is -3.96. The summed E-state index contributed by atoms with van der Waals surface area (Å²) in [4.78, 5) is 38.2. The van der Waals surface area contributed by atoms with Gasteiger partial charge in [-0.3, -0.25) is 9.78 Å². The molecule has 0 aliphatic heterocycles. The average molecular weight is 538 g/mol. The lowest BCUT2D eigenvalue weighted by Crippen LogP contribution is -2.50. The molecular weight excluding hydrogens is 506 g/mol. The number of carbonyl (C=O) groups excluding carboxylic acids is 2. The molecule has 2 aromatic heterocycles. The maximum atomic E-state index is 13.2. The Kier molecular flexibility index (Phi) is 8.93. The van der Waals surface area contributed by atoms with Gasteiger partial charge in [-0.2, -0.15) is 4.98 Å². The van der Waals surface area contributed by atoms with Crippen molar-refractivity contribution in [3.05, 3.63) is 76.2 Å². The first-order valence-electron chi connectivity index (χ1n) is 12.2. The molecule has 2 amide bonds. The number of alkyl carbamates (subject to hydrolysis) is 1. The number of likely N-dealkylation sites (N-methyl/N-ethyl adjacent to an activating group) is 1. The summed E-state index contributed by atoms with van der Waals surface area (Å²) in [5, 5.41) is 13.9. The van der Waals surface area contributed by atoms with E-state index in [1.807, 2.05) is 49.2 Å². The van der Waals surface area contributed by atoms with Crippen LogP contribution in [0.25, 0.3) is 11.1 Å². The summed E-state index contributed by atoms with van der Waals surface area (Å²) in [7, 11) is 3.48. The first kappa shape index (κ1) is 27.1. The lowest BCUT2D eigenvalue weighted by molar-refractivity contribution is 0.0582. The Labute approximate surface area is 224 Å². The number of ether oxygens (including phenoxy) is 1. The SMILES string of the molecule is CCN(C)c1nc2ccc(C(=O)N(C)C[C@@H](O)[C@H](Cc3ccccc3)NC(=O)OCc3cncs3)cc2o1. The van der Waals surface area contributed by atoms with Crippen LogP contribution in [0.1, 0.15) is 27.7 Å². The number of anilines is 1. The zero-order chi connectivity index (χ0) is 27.1. The highest BCUT2D eigenvalue weighted by Crippen LogP contribution is 2.23. The molecule has 0 radical (unpaired) electrons. The van der Waals surface area contributed by atoms with Crippen molar-refractivity contribution in [3.8, 4) is 0 Å². The van der Waals surface area contributed by atoms with Gasteiger partial charge in [-0.1, -0.05) is 30.3 Å². The lowest BCUT2D eigenvalue weighted by Gasteiger charge is -2.28. The van der Waals surface area contributed by atoms with Crippen LogP contribution < -0.4 is 10.2 Å². The molecule has 2 atom stereocenters. The number of rotatable bonds is 11. The summed E-state index contributed by atoms with van der Waals surface area (Å²) in [6.45, 7) is 2.80. The van der Waals surface area contributed by atoms with Crippen molar-refractivity contribution in [1.29, 1.82) is 0 Å². The number of nitrogens with zero attached hydrogens (tertiary/aromatic N) is 4. The molecule has 0 spiro atoms. The van der Waals surface area contributed by atoms with Crippen LogP contribution in [0.5, 0.6) is 0 Å². The van der Waals surface area contributed by atoms with Crippen molar-refractivity contribution in [2.45, 2.75) is 32.1 Å². The summed E-state index contributed by atoms with van der Waals surface area (Å²) >= 11 is 1.38. The van der Waals surface area contributed by atoms with Crippen LogP contribution in [0.4, 0.5) is 10.8 Å². The van der Waals surface area contributed by atoms with Crippen LogP contribution in [0.3, 0.4) is 0 Å². The highest BCUT2D eigenvalue weighted by Gasteiger charge is 2.26. The van der Waals surface area contributed by atoms with E-state index < -0.39 is 18.2 Å². The van der Waals surface area contributed by atoms with Crippen LogP contribution in [-0.2, 0) is 17.8 Å². The standard InChI is InChI=1S/C27H31N5O5S/c1-4-31(2)26-29-21-11-10-19(13-24(21)37-26)25(34)32(3)15-23(33)22(12-18-8-6-5-7-9-18)30-27(35)36-16-20-14-28-17-38-20/h5-11,13-14,17,22-23,33H,4,12,15-16H2,1-3H3,(H,30,35)/t22-,23+/m0/s1. The number of hydrogen-bond donors (Lipinski definition) is 2. The average Bonchev–Trinajstić information content (AvgIpc) is 3.60. The Balaban J connectivity index is 1.43. The number of fused-ring (bicyclic) bond motifs is 1. The highest BCUT2D eigenvalue weighted by atomic mass is 32.1. The molecule has 0 aliphatic carbocycles. The van der Waals surface area contributed by atoms with Gasteiger partial charge in [0.25, 0.3) is 11.9 Å². The molecule has 0 bridgehead atoms. The lowest BCUT2D eigenvalue weighted by atomic mass is 10.0. The van der Waals surface area contributed by atoms with Crippen LogP contribution in [0, 0.1) is 0 Å². The molecule has 0 saturated heterocycles. The third-order valence-corrected chi connectivity index (χ3v) is 6.88. The number of oxazole rings is 1. The van der Waals surface area contributed by atoms with Crippen LogP contribution in [-0.4, -0.2) is 71.3 Å². The molecule has 4 rings (SSSR count). The Morgan fingerprint density at radius 1 is 1.18 bits per heavy atom. The molecule has 10 nitrogen and oxygen atoms in total. The summed E-state index contributed by atoms with van der Waals surface area (Å²) in [5.41, 5.74) is 4.16. The van der Waals surface area contributed by atoms with Gasteiger partial charge in [0, 0.05) is 38.9 Å². The number of carbonyl (C=O) groups is 2. The first-order chi connectivity index (χ1) is 18.3. The van der Waals surface area contributed by atoms with E-state index in [2.05, 4.69) is 15.3 Å². The van der Waals surface area contributed by atoms with Gasteiger partial charge < -0.3 is 29.4 Å². The second-order valence-electron chi connectivity index (χ2n) is 8.93. The second kappa shape index (κ2) is 12.5. The number of nitrogens with one attached hydrogen (secondary N) is 1. The number of thiazole rings is 1. The van der Waals surface area contributed by atoms with Crippen molar-refractivity contribution < 1.29 is 23.8 Å². The fourth-order valence-electron chi connectivity index (χ4n) is 3.85. The highest BCUT2D eigenvalue weighted by molar-refractivity contribution is 7.09. The van der Waals surface area contributed by atoms with Crippen LogP contribution >= 0.6 is 11.3 Å². The van der Waals surface area contributed by atoms with Gasteiger partial charge in [0.2, 0.25) is 0 Å². The minimum atomic E-state index is -1.06. The molecule has 11 heteroatoms. The number of hydrogen-bond acceptors (Lipinski definition) is 9. The van der Waals surface area contributed by atoms with Crippen LogP contribution in [0.2, 0.25) is 0 Å². The van der Waals surface area contributed by atoms with E-state index in [-0.39, 0.29) is 19.1 Å². The Bertz CT molecular complexity index is 1340. The van der Waals surface area contributed by atoms with E-state index in [1.165, 1.54) is 16.2 Å². The van der Waals surface area contributed by atoms with Gasteiger partial charge in [0.15, 0.2) is 5.58 Å². The molecule has 0 unspecified atom stereocenters. The molecule has 2 aromatic carbocycles. The molecular formula is C27H31N5O5S. The first-order valence-corrected chi connectivity index (χ1v) is 13.1. The van der Waals surface area contributed by atoms with Crippen molar-refractivity contribution in [1.82, 2.24) is 20.2 Å². The van der Waals surface area contributed by atoms with E-state index in [0.29, 0.717) is 29.1 Å². The number of aromatic nitrogens is 2. The quantitative estimate of drug-likeness (QED) is 0.297. The molecule has 4 aromatic rings. The summed E-state index contributed by atoms with van der Waals surface area (Å²) < 4.78 is 11.1. The normalized spacial score (nSPS) is 12.6. The van der Waals surface area contributed by atoms with Gasteiger partial charge in [-0.15, -0.1) is 11.3 Å². The zero-order valence-electron chi connectivity index (χ0n) is 21.5. The van der Waals surface area contributed by atoms with E-state index in [4.69, 9.17) is 9.15 Å². The topological polar surface area (TPSA) is 121 Å². The summed E-state index contributed by atoms with van der Waals surface area (Å²) in [6.07, 6.45) is 0.278. The van der Waals surface area contributed by atoms with E-state index in [9.17, 15) is 14.7 Å². The third kappa shape index (κ3) is 6.87. The predicted octanol–water partition coefficient (Wildman–Crippen LogP) is 3.71. The summed E-state index contributed by atoms with van der Waals surface area (Å²) in [6, 6.07) is 14.4. The van der Waals surface area contributed by atoms with Gasteiger partial charge in [0.1, 0.15) is 12.1 Å². The monoisotopic (exact) mass is 537 g/mol. The van der Waals surface area contributed by atoms with Crippen LogP contribution in [0.15, 0.2) is 64.7 Å². The van der Waals surface area contributed by atoms with Gasteiger partial charge >= 0.3 is 6.09 Å². The van der Waals surface area contributed by atoms with E-state index >= 15 is 0 Å². The van der Waals surface area contributed by atoms with Crippen molar-refractivity contribution in [2.75, 3.05) is 32.1 Å². The van der Waals surface area contributed by atoms with Crippen molar-refractivity contribution >= 4 is 40.5 Å². The third-order valence-electron chi connectivity index (χ3n) is 6.13. The number of aliphatic hydroxyl groups excluding tert-OH is 1. The van der Waals surface area contributed by atoms with E-state index in [0.717, 1.165) is 17.0 Å². The fraction of sp³-hybridized carbons (Fsp3) is 0.333. The second-order valence-corrected chi connectivity index (χ2v) is 9.90. The maximum absolute atomic E-state index is 13.2. The Morgan fingerprint density at radius 3 is 2.68 bits per heavy atom.